The number of carbonyl (C=O) groups is 4. The Hall–Kier alpha value is -2.63. The molecule has 33 heavy (non-hydrogen) atoms. The first kappa shape index (κ1) is 28.4. The number of amides is 3. The summed E-state index contributed by atoms with van der Waals surface area (Å²) in [6, 6.07) is 4.31. The van der Waals surface area contributed by atoms with E-state index in [-0.39, 0.29) is 18.1 Å². The molecule has 11 heteroatoms. The second kappa shape index (κ2) is 13.8. The Morgan fingerprint density at radius 3 is 2.00 bits per heavy atom. The van der Waals surface area contributed by atoms with E-state index in [1.807, 2.05) is 0 Å². The van der Waals surface area contributed by atoms with E-state index in [9.17, 15) is 29.4 Å². The SMILES string of the molecule is CCC(C)C(NC(=O)C(CS)NC(=O)C(Cc1ccccc1)NC(=O)C(N)C(C)O)C(=O)O. The Bertz CT molecular complexity index is 807. The predicted octanol–water partition coefficient (Wildman–Crippen LogP) is -0.548. The molecule has 6 atom stereocenters. The van der Waals surface area contributed by atoms with E-state index in [1.54, 1.807) is 44.2 Å². The zero-order valence-electron chi connectivity index (χ0n) is 19.0. The molecule has 6 unspecified atom stereocenters. The van der Waals surface area contributed by atoms with Crippen LogP contribution in [-0.2, 0) is 25.6 Å². The van der Waals surface area contributed by atoms with Crippen LogP contribution in [0.1, 0.15) is 32.8 Å². The van der Waals surface area contributed by atoms with Gasteiger partial charge in [-0.05, 0) is 18.4 Å². The fourth-order valence-electron chi connectivity index (χ4n) is 2.95. The average Bonchev–Trinajstić information content (AvgIpc) is 2.79. The van der Waals surface area contributed by atoms with Gasteiger partial charge in [0, 0.05) is 12.2 Å². The zero-order chi connectivity index (χ0) is 25.1. The normalized spacial score (nSPS) is 16.4. The van der Waals surface area contributed by atoms with Crippen molar-refractivity contribution in [2.75, 3.05) is 5.75 Å². The van der Waals surface area contributed by atoms with Gasteiger partial charge in [0.05, 0.1) is 6.10 Å². The summed E-state index contributed by atoms with van der Waals surface area (Å²) >= 11 is 4.11. The number of nitrogens with two attached hydrogens (primary N) is 1. The van der Waals surface area contributed by atoms with Crippen LogP contribution in [0.4, 0.5) is 0 Å². The number of carboxylic acid groups (broad SMARTS) is 1. The minimum Gasteiger partial charge on any atom is -0.480 e. The highest BCUT2D eigenvalue weighted by atomic mass is 32.1. The Balaban J connectivity index is 3.00. The monoisotopic (exact) mass is 482 g/mol. The quantitative estimate of drug-likeness (QED) is 0.185. The molecule has 0 radical (unpaired) electrons. The van der Waals surface area contributed by atoms with Gasteiger partial charge in [0.2, 0.25) is 17.7 Å². The van der Waals surface area contributed by atoms with Gasteiger partial charge in [-0.2, -0.15) is 12.6 Å². The highest BCUT2D eigenvalue weighted by molar-refractivity contribution is 7.80. The van der Waals surface area contributed by atoms with E-state index in [4.69, 9.17) is 5.73 Å². The molecule has 1 aromatic carbocycles. The van der Waals surface area contributed by atoms with Crippen LogP contribution >= 0.6 is 12.6 Å². The van der Waals surface area contributed by atoms with Crippen molar-refractivity contribution in [2.24, 2.45) is 11.7 Å². The van der Waals surface area contributed by atoms with Crippen molar-refractivity contribution in [1.82, 2.24) is 16.0 Å². The second-order valence-electron chi connectivity index (χ2n) is 7.97. The number of hydrogen-bond donors (Lipinski definition) is 7. The number of benzene rings is 1. The smallest absolute Gasteiger partial charge is 0.326 e. The van der Waals surface area contributed by atoms with E-state index in [1.165, 1.54) is 6.92 Å². The topological polar surface area (TPSA) is 171 Å². The fraction of sp³-hybridized carbons (Fsp3) is 0.545. The molecule has 7 N–H and O–H groups in total. The van der Waals surface area contributed by atoms with Gasteiger partial charge < -0.3 is 31.9 Å². The number of thiol groups is 1. The van der Waals surface area contributed by atoms with Crippen molar-refractivity contribution < 1.29 is 29.4 Å². The lowest BCUT2D eigenvalue weighted by Gasteiger charge is -2.26. The number of aliphatic carboxylic acids is 1. The molecule has 0 aromatic heterocycles. The van der Waals surface area contributed by atoms with E-state index >= 15 is 0 Å². The van der Waals surface area contributed by atoms with Gasteiger partial charge in [0.25, 0.3) is 0 Å². The third-order valence-electron chi connectivity index (χ3n) is 5.33. The minimum atomic E-state index is -1.24. The largest absolute Gasteiger partial charge is 0.480 e. The van der Waals surface area contributed by atoms with Crippen LogP contribution in [-0.4, -0.2) is 69.9 Å². The molecule has 0 aliphatic carbocycles. The molecule has 3 amide bonds. The van der Waals surface area contributed by atoms with Crippen molar-refractivity contribution in [3.05, 3.63) is 35.9 Å². The first-order valence-corrected chi connectivity index (χ1v) is 11.4. The van der Waals surface area contributed by atoms with E-state index in [0.717, 1.165) is 5.56 Å². The summed E-state index contributed by atoms with van der Waals surface area (Å²) in [5.74, 6) is -3.69. The van der Waals surface area contributed by atoms with Crippen molar-refractivity contribution in [3.63, 3.8) is 0 Å². The van der Waals surface area contributed by atoms with Gasteiger partial charge in [0.1, 0.15) is 24.2 Å². The van der Waals surface area contributed by atoms with Gasteiger partial charge in [-0.25, -0.2) is 4.79 Å². The number of aliphatic hydroxyl groups is 1. The summed E-state index contributed by atoms with van der Waals surface area (Å²) in [6.45, 7) is 4.86. The summed E-state index contributed by atoms with van der Waals surface area (Å²) in [5.41, 5.74) is 6.42. The molecule has 0 saturated heterocycles. The van der Waals surface area contributed by atoms with Gasteiger partial charge in [0.15, 0.2) is 0 Å². The van der Waals surface area contributed by atoms with Crippen LogP contribution < -0.4 is 21.7 Å². The number of hydrogen-bond acceptors (Lipinski definition) is 7. The third kappa shape index (κ3) is 9.03. The van der Waals surface area contributed by atoms with Crippen LogP contribution in [0.5, 0.6) is 0 Å². The third-order valence-corrected chi connectivity index (χ3v) is 5.70. The van der Waals surface area contributed by atoms with Gasteiger partial charge >= 0.3 is 5.97 Å². The maximum absolute atomic E-state index is 13.0. The van der Waals surface area contributed by atoms with Crippen LogP contribution in [0, 0.1) is 5.92 Å². The lowest BCUT2D eigenvalue weighted by Crippen LogP contribution is -2.59. The summed E-state index contributed by atoms with van der Waals surface area (Å²) in [6.07, 6.45) is -0.490. The first-order chi connectivity index (χ1) is 15.5. The van der Waals surface area contributed by atoms with E-state index < -0.39 is 54.0 Å². The number of aliphatic hydroxyl groups excluding tert-OH is 1. The maximum atomic E-state index is 13.0. The second-order valence-corrected chi connectivity index (χ2v) is 8.34. The Labute approximate surface area is 199 Å². The summed E-state index contributed by atoms with van der Waals surface area (Å²) in [5, 5.41) is 26.5. The van der Waals surface area contributed by atoms with Crippen LogP contribution in [0.25, 0.3) is 0 Å². The molecule has 184 valence electrons. The minimum absolute atomic E-state index is 0.0936. The van der Waals surface area contributed by atoms with Crippen LogP contribution in [0.15, 0.2) is 30.3 Å². The van der Waals surface area contributed by atoms with Crippen molar-refractivity contribution in [2.45, 2.75) is 63.9 Å². The first-order valence-electron chi connectivity index (χ1n) is 10.7. The van der Waals surface area contributed by atoms with Crippen molar-refractivity contribution >= 4 is 36.3 Å². The number of carboxylic acids is 1. The molecule has 0 saturated carbocycles. The summed E-state index contributed by atoms with van der Waals surface area (Å²) in [7, 11) is 0. The Kier molecular flexibility index (Phi) is 11.9. The van der Waals surface area contributed by atoms with Gasteiger partial charge in [-0.3, -0.25) is 14.4 Å². The molecule has 0 fully saturated rings. The lowest BCUT2D eigenvalue weighted by atomic mass is 9.99. The van der Waals surface area contributed by atoms with Gasteiger partial charge in [-0.15, -0.1) is 0 Å². The fourth-order valence-corrected chi connectivity index (χ4v) is 3.21. The standard InChI is InChI=1S/C22H34N4O6S/c1-4-12(2)18(22(31)32)26-20(29)16(11-33)25-19(28)15(10-14-8-6-5-7-9-14)24-21(30)17(23)13(3)27/h5-9,12-13,15-18,27,33H,4,10-11,23H2,1-3H3,(H,24,30)(H,25,28)(H,26,29)(H,31,32). The number of carbonyl (C=O) groups excluding carboxylic acids is 3. The summed E-state index contributed by atoms with van der Waals surface area (Å²) < 4.78 is 0. The lowest BCUT2D eigenvalue weighted by molar-refractivity contribution is -0.143. The number of nitrogens with one attached hydrogen (secondary N) is 3. The molecule has 10 nitrogen and oxygen atoms in total. The molecule has 0 aliphatic heterocycles. The predicted molar refractivity (Wildman–Crippen MR) is 127 cm³/mol. The van der Waals surface area contributed by atoms with E-state index in [0.29, 0.717) is 6.42 Å². The summed E-state index contributed by atoms with van der Waals surface area (Å²) in [4.78, 5) is 49.6. The van der Waals surface area contributed by atoms with Crippen molar-refractivity contribution in [3.8, 4) is 0 Å². The van der Waals surface area contributed by atoms with Crippen LogP contribution in [0.2, 0.25) is 0 Å². The molecular weight excluding hydrogens is 448 g/mol. The molecule has 0 spiro atoms. The molecular formula is C22H34N4O6S. The average molecular weight is 483 g/mol. The Morgan fingerprint density at radius 2 is 1.52 bits per heavy atom. The van der Waals surface area contributed by atoms with Gasteiger partial charge in [-0.1, -0.05) is 50.6 Å². The molecule has 0 bridgehead atoms. The Morgan fingerprint density at radius 1 is 0.970 bits per heavy atom. The molecule has 1 aromatic rings. The molecule has 0 aliphatic rings. The van der Waals surface area contributed by atoms with Crippen LogP contribution in [0.3, 0.4) is 0 Å². The highest BCUT2D eigenvalue weighted by Gasteiger charge is 2.32. The molecule has 1 rings (SSSR count). The molecule has 0 heterocycles. The van der Waals surface area contributed by atoms with Crippen molar-refractivity contribution in [1.29, 1.82) is 0 Å². The zero-order valence-corrected chi connectivity index (χ0v) is 19.9. The maximum Gasteiger partial charge on any atom is 0.326 e. The van der Waals surface area contributed by atoms with E-state index in [2.05, 4.69) is 28.6 Å². The highest BCUT2D eigenvalue weighted by Crippen LogP contribution is 2.09. The number of rotatable bonds is 13.